The maximum atomic E-state index is 11.0. The summed E-state index contributed by atoms with van der Waals surface area (Å²) in [6, 6.07) is 0. The van der Waals surface area contributed by atoms with E-state index in [1.54, 1.807) is 11.8 Å². The quantitative estimate of drug-likeness (QED) is 0.751. The van der Waals surface area contributed by atoms with Crippen LogP contribution in [0.5, 0.6) is 0 Å². The van der Waals surface area contributed by atoms with Gasteiger partial charge in [-0.15, -0.1) is 0 Å². The van der Waals surface area contributed by atoms with Crippen LogP contribution in [0.4, 0.5) is 0 Å². The summed E-state index contributed by atoms with van der Waals surface area (Å²) in [4.78, 5) is 14.8. The molecule has 0 amide bonds. The van der Waals surface area contributed by atoms with Crippen LogP contribution in [0.25, 0.3) is 0 Å². The SMILES string of the molecule is CSCCC(N)(C(=O)O)c1cocn1. The number of hydrogen-bond donors (Lipinski definition) is 2. The molecule has 14 heavy (non-hydrogen) atoms. The van der Waals surface area contributed by atoms with E-state index < -0.39 is 11.5 Å². The predicted octanol–water partition coefficient (Wildman–Crippen LogP) is 0.666. The first-order valence-electron chi connectivity index (χ1n) is 4.01. The molecule has 0 aliphatic heterocycles. The Morgan fingerprint density at radius 2 is 2.57 bits per heavy atom. The number of aliphatic carboxylic acids is 1. The van der Waals surface area contributed by atoms with Gasteiger partial charge in [-0.1, -0.05) is 0 Å². The average molecular weight is 216 g/mol. The van der Waals surface area contributed by atoms with Crippen LogP contribution in [0.2, 0.25) is 0 Å². The number of nitrogens with zero attached hydrogens (tertiary/aromatic N) is 1. The molecule has 0 saturated heterocycles. The second-order valence-electron chi connectivity index (χ2n) is 2.89. The largest absolute Gasteiger partial charge is 0.480 e. The standard InChI is InChI=1S/C8H12N2O3S/c1-14-3-2-8(9,7(11)12)6-4-13-5-10-6/h4-5H,2-3,9H2,1H3,(H,11,12). The topological polar surface area (TPSA) is 89.4 Å². The summed E-state index contributed by atoms with van der Waals surface area (Å²) in [6.45, 7) is 0. The fraction of sp³-hybridized carbons (Fsp3) is 0.500. The Bertz CT molecular complexity index is 302. The minimum atomic E-state index is -1.43. The number of carbonyl (C=O) groups is 1. The third kappa shape index (κ3) is 2.08. The maximum absolute atomic E-state index is 11.0. The molecule has 0 aliphatic carbocycles. The molecule has 5 nitrogen and oxygen atoms in total. The van der Waals surface area contributed by atoms with Crippen molar-refractivity contribution >= 4 is 17.7 Å². The monoisotopic (exact) mass is 216 g/mol. The van der Waals surface area contributed by atoms with E-state index in [4.69, 9.17) is 15.3 Å². The van der Waals surface area contributed by atoms with Gasteiger partial charge in [-0.2, -0.15) is 11.8 Å². The van der Waals surface area contributed by atoms with Gasteiger partial charge < -0.3 is 15.3 Å². The fourth-order valence-electron chi connectivity index (χ4n) is 1.04. The first-order valence-corrected chi connectivity index (χ1v) is 5.40. The van der Waals surface area contributed by atoms with E-state index >= 15 is 0 Å². The summed E-state index contributed by atoms with van der Waals surface area (Å²) in [5, 5.41) is 9.02. The highest BCUT2D eigenvalue weighted by Gasteiger charge is 2.37. The summed E-state index contributed by atoms with van der Waals surface area (Å²) >= 11 is 1.54. The second-order valence-corrected chi connectivity index (χ2v) is 3.88. The second kappa shape index (κ2) is 4.47. The van der Waals surface area contributed by atoms with Crippen molar-refractivity contribution in [3.8, 4) is 0 Å². The van der Waals surface area contributed by atoms with Gasteiger partial charge in [0.2, 0.25) is 0 Å². The Morgan fingerprint density at radius 1 is 1.86 bits per heavy atom. The van der Waals surface area contributed by atoms with Gasteiger partial charge in [0.05, 0.1) is 0 Å². The normalized spacial score (nSPS) is 15.0. The van der Waals surface area contributed by atoms with Crippen LogP contribution in [0.15, 0.2) is 17.1 Å². The van der Waals surface area contributed by atoms with E-state index in [2.05, 4.69) is 4.98 Å². The molecule has 0 radical (unpaired) electrons. The van der Waals surface area contributed by atoms with Gasteiger partial charge in [0.25, 0.3) is 0 Å². The average Bonchev–Trinajstić information content (AvgIpc) is 2.66. The van der Waals surface area contributed by atoms with Crippen molar-refractivity contribution in [3.63, 3.8) is 0 Å². The molecular formula is C8H12N2O3S. The molecule has 1 aromatic heterocycles. The zero-order valence-electron chi connectivity index (χ0n) is 7.77. The Hall–Kier alpha value is -1.01. The molecule has 1 aromatic rings. The van der Waals surface area contributed by atoms with E-state index in [1.807, 2.05) is 6.26 Å². The number of nitrogens with two attached hydrogens (primary N) is 1. The molecule has 1 atom stereocenters. The fourth-order valence-corrected chi connectivity index (χ4v) is 1.57. The zero-order chi connectivity index (χ0) is 10.6. The van der Waals surface area contributed by atoms with Crippen LogP contribution in [0, 0.1) is 0 Å². The molecule has 1 heterocycles. The van der Waals surface area contributed by atoms with E-state index in [-0.39, 0.29) is 5.69 Å². The Morgan fingerprint density at radius 3 is 3.00 bits per heavy atom. The van der Waals surface area contributed by atoms with Crippen LogP contribution < -0.4 is 5.73 Å². The van der Waals surface area contributed by atoms with Crippen LogP contribution in [0.1, 0.15) is 12.1 Å². The van der Waals surface area contributed by atoms with Gasteiger partial charge in [0.15, 0.2) is 11.9 Å². The van der Waals surface area contributed by atoms with Crippen molar-refractivity contribution in [1.82, 2.24) is 4.98 Å². The number of thioether (sulfide) groups is 1. The lowest BCUT2D eigenvalue weighted by Crippen LogP contribution is -2.45. The maximum Gasteiger partial charge on any atom is 0.330 e. The van der Waals surface area contributed by atoms with Gasteiger partial charge in [-0.25, -0.2) is 9.78 Å². The molecule has 0 bridgehead atoms. The van der Waals surface area contributed by atoms with Crippen LogP contribution in [-0.4, -0.2) is 28.1 Å². The molecule has 0 spiro atoms. The van der Waals surface area contributed by atoms with Crippen molar-refractivity contribution in [2.45, 2.75) is 12.0 Å². The lowest BCUT2D eigenvalue weighted by molar-refractivity contribution is -0.144. The highest BCUT2D eigenvalue weighted by atomic mass is 32.2. The van der Waals surface area contributed by atoms with Crippen LogP contribution in [0.3, 0.4) is 0 Å². The van der Waals surface area contributed by atoms with Crippen molar-refractivity contribution in [1.29, 1.82) is 0 Å². The number of carboxylic acid groups (broad SMARTS) is 1. The van der Waals surface area contributed by atoms with Crippen LogP contribution in [-0.2, 0) is 10.3 Å². The summed E-state index contributed by atoms with van der Waals surface area (Å²) < 4.78 is 4.73. The van der Waals surface area contributed by atoms with Crippen LogP contribution >= 0.6 is 11.8 Å². The summed E-state index contributed by atoms with van der Waals surface area (Å²) in [6.07, 6.45) is 4.68. The minimum Gasteiger partial charge on any atom is -0.480 e. The van der Waals surface area contributed by atoms with Crippen molar-refractivity contribution < 1.29 is 14.3 Å². The van der Waals surface area contributed by atoms with Gasteiger partial charge in [-0.05, 0) is 18.4 Å². The van der Waals surface area contributed by atoms with Gasteiger partial charge in [-0.3, -0.25) is 0 Å². The molecule has 0 aromatic carbocycles. The predicted molar refractivity (Wildman–Crippen MR) is 53.0 cm³/mol. The summed E-state index contributed by atoms with van der Waals surface area (Å²) in [7, 11) is 0. The molecule has 6 heteroatoms. The molecule has 3 N–H and O–H groups in total. The van der Waals surface area contributed by atoms with Crippen molar-refractivity contribution in [2.75, 3.05) is 12.0 Å². The van der Waals surface area contributed by atoms with Gasteiger partial charge in [0, 0.05) is 0 Å². The highest BCUT2D eigenvalue weighted by Crippen LogP contribution is 2.22. The zero-order valence-corrected chi connectivity index (χ0v) is 8.58. The molecule has 0 aliphatic rings. The Labute approximate surface area is 85.7 Å². The third-order valence-electron chi connectivity index (χ3n) is 1.97. The first kappa shape index (κ1) is 11.1. The van der Waals surface area contributed by atoms with Crippen molar-refractivity contribution in [3.05, 3.63) is 18.4 Å². The first-order chi connectivity index (χ1) is 6.61. The highest BCUT2D eigenvalue weighted by molar-refractivity contribution is 7.98. The molecule has 0 fully saturated rings. The number of carboxylic acids is 1. The summed E-state index contributed by atoms with van der Waals surface area (Å²) in [5.41, 5.74) is 4.59. The molecule has 78 valence electrons. The van der Waals surface area contributed by atoms with E-state index in [1.165, 1.54) is 12.7 Å². The van der Waals surface area contributed by atoms with E-state index in [0.717, 1.165) is 0 Å². The summed E-state index contributed by atoms with van der Waals surface area (Å²) in [5.74, 6) is -0.421. The number of oxazole rings is 1. The smallest absolute Gasteiger partial charge is 0.330 e. The van der Waals surface area contributed by atoms with E-state index in [0.29, 0.717) is 12.2 Å². The van der Waals surface area contributed by atoms with E-state index in [9.17, 15) is 4.79 Å². The Balaban J connectivity index is 2.87. The number of hydrogen-bond acceptors (Lipinski definition) is 5. The lowest BCUT2D eigenvalue weighted by atomic mass is 9.94. The Kier molecular flexibility index (Phi) is 3.54. The molecule has 1 rings (SSSR count). The van der Waals surface area contributed by atoms with Crippen molar-refractivity contribution in [2.24, 2.45) is 5.73 Å². The molecule has 0 saturated carbocycles. The molecule has 1 unspecified atom stereocenters. The van der Waals surface area contributed by atoms with Gasteiger partial charge in [0.1, 0.15) is 12.0 Å². The van der Waals surface area contributed by atoms with Gasteiger partial charge >= 0.3 is 5.97 Å². The third-order valence-corrected chi connectivity index (χ3v) is 2.58. The minimum absolute atomic E-state index is 0.263. The number of rotatable bonds is 5. The lowest BCUT2D eigenvalue weighted by Gasteiger charge is -2.21. The molecular weight excluding hydrogens is 204 g/mol. The number of aromatic nitrogens is 1.